The van der Waals surface area contributed by atoms with E-state index in [9.17, 15) is 0 Å². The number of ether oxygens (including phenoxy) is 2. The van der Waals surface area contributed by atoms with Gasteiger partial charge in [0.25, 0.3) is 0 Å². The van der Waals surface area contributed by atoms with Crippen molar-refractivity contribution in [1.82, 2.24) is 9.78 Å². The standard InChI is InChI=1S/C13H16BrN3O2/c1-8-11(14)13(15)17(16-8)7-9-5-4-6-10(18-2)12(9)19-3/h4-6H,7,15H2,1-3H3. The molecule has 0 atom stereocenters. The number of nitrogens with zero attached hydrogens (tertiary/aromatic N) is 2. The summed E-state index contributed by atoms with van der Waals surface area (Å²) in [5.74, 6) is 2.00. The monoisotopic (exact) mass is 325 g/mol. The maximum absolute atomic E-state index is 5.99. The van der Waals surface area contributed by atoms with Gasteiger partial charge in [-0.05, 0) is 28.9 Å². The third-order valence-corrected chi connectivity index (χ3v) is 3.88. The minimum Gasteiger partial charge on any atom is -0.493 e. The number of benzene rings is 1. The molecule has 2 aromatic rings. The van der Waals surface area contributed by atoms with Crippen LogP contribution in [0.4, 0.5) is 5.82 Å². The molecule has 0 saturated heterocycles. The first kappa shape index (κ1) is 13.7. The van der Waals surface area contributed by atoms with Crippen molar-refractivity contribution in [2.45, 2.75) is 13.5 Å². The number of halogens is 1. The summed E-state index contributed by atoms with van der Waals surface area (Å²) >= 11 is 3.41. The number of aromatic nitrogens is 2. The number of hydrogen-bond acceptors (Lipinski definition) is 4. The second-order valence-corrected chi connectivity index (χ2v) is 4.89. The van der Waals surface area contributed by atoms with Crippen molar-refractivity contribution in [3.63, 3.8) is 0 Å². The molecule has 0 radical (unpaired) electrons. The van der Waals surface area contributed by atoms with Crippen molar-refractivity contribution >= 4 is 21.7 Å². The fourth-order valence-electron chi connectivity index (χ4n) is 1.94. The lowest BCUT2D eigenvalue weighted by molar-refractivity contribution is 0.350. The lowest BCUT2D eigenvalue weighted by Gasteiger charge is -2.13. The zero-order valence-electron chi connectivity index (χ0n) is 11.1. The van der Waals surface area contributed by atoms with Crippen LogP contribution in [0.3, 0.4) is 0 Å². The fraction of sp³-hybridized carbons (Fsp3) is 0.308. The predicted molar refractivity (Wildman–Crippen MR) is 77.7 cm³/mol. The number of rotatable bonds is 4. The molecule has 2 N–H and O–H groups in total. The lowest BCUT2D eigenvalue weighted by atomic mass is 10.2. The largest absolute Gasteiger partial charge is 0.493 e. The molecule has 0 aliphatic heterocycles. The van der Waals surface area contributed by atoms with Crippen LogP contribution < -0.4 is 15.2 Å². The molecule has 0 bridgehead atoms. The Balaban J connectivity index is 2.40. The molecule has 2 rings (SSSR count). The summed E-state index contributed by atoms with van der Waals surface area (Å²) in [6.07, 6.45) is 0. The first-order chi connectivity index (χ1) is 9.08. The Morgan fingerprint density at radius 1 is 1.32 bits per heavy atom. The average Bonchev–Trinajstić information content (AvgIpc) is 2.66. The summed E-state index contributed by atoms with van der Waals surface area (Å²) in [4.78, 5) is 0. The summed E-state index contributed by atoms with van der Waals surface area (Å²) in [5, 5.41) is 4.38. The van der Waals surface area contributed by atoms with Crippen LogP contribution in [0, 0.1) is 6.92 Å². The highest BCUT2D eigenvalue weighted by atomic mass is 79.9. The number of aryl methyl sites for hydroxylation is 1. The molecule has 6 heteroatoms. The van der Waals surface area contributed by atoms with Gasteiger partial charge in [-0.3, -0.25) is 0 Å². The van der Waals surface area contributed by atoms with Gasteiger partial charge in [0, 0.05) is 5.56 Å². The van der Waals surface area contributed by atoms with E-state index in [1.54, 1.807) is 18.9 Å². The Morgan fingerprint density at radius 2 is 2.05 bits per heavy atom. The highest BCUT2D eigenvalue weighted by Gasteiger charge is 2.14. The second-order valence-electron chi connectivity index (χ2n) is 4.09. The first-order valence-corrected chi connectivity index (χ1v) is 6.56. The van der Waals surface area contributed by atoms with E-state index < -0.39 is 0 Å². The maximum atomic E-state index is 5.99. The minimum atomic E-state index is 0.526. The van der Waals surface area contributed by atoms with E-state index in [1.165, 1.54) is 0 Å². The second kappa shape index (κ2) is 5.52. The zero-order chi connectivity index (χ0) is 14.0. The molecule has 5 nitrogen and oxygen atoms in total. The molecule has 19 heavy (non-hydrogen) atoms. The molecular weight excluding hydrogens is 310 g/mol. The number of para-hydroxylation sites is 1. The third-order valence-electron chi connectivity index (χ3n) is 2.90. The van der Waals surface area contributed by atoms with Crippen molar-refractivity contribution in [2.75, 3.05) is 20.0 Å². The van der Waals surface area contributed by atoms with Crippen LogP contribution in [0.2, 0.25) is 0 Å². The normalized spacial score (nSPS) is 10.5. The summed E-state index contributed by atoms with van der Waals surface area (Å²) < 4.78 is 13.2. The molecule has 1 aromatic carbocycles. The molecule has 1 aromatic heterocycles. The topological polar surface area (TPSA) is 62.3 Å². The number of hydrogen-bond donors (Lipinski definition) is 1. The molecule has 0 unspecified atom stereocenters. The Morgan fingerprint density at radius 3 is 2.58 bits per heavy atom. The maximum Gasteiger partial charge on any atom is 0.165 e. The van der Waals surface area contributed by atoms with Gasteiger partial charge in [0.05, 0.1) is 30.9 Å². The van der Waals surface area contributed by atoms with Crippen molar-refractivity contribution in [3.05, 3.63) is 33.9 Å². The average molecular weight is 326 g/mol. The number of anilines is 1. The van der Waals surface area contributed by atoms with Gasteiger partial charge in [0.2, 0.25) is 0 Å². The third kappa shape index (κ3) is 2.53. The minimum absolute atomic E-state index is 0.526. The van der Waals surface area contributed by atoms with E-state index in [-0.39, 0.29) is 0 Å². The summed E-state index contributed by atoms with van der Waals surface area (Å²) in [6, 6.07) is 5.74. The SMILES string of the molecule is COc1cccc(Cn2nc(C)c(Br)c2N)c1OC. The fourth-order valence-corrected chi connectivity index (χ4v) is 2.22. The Bertz CT molecular complexity index is 596. The summed E-state index contributed by atoms with van der Waals surface area (Å²) in [6.45, 7) is 2.43. The highest BCUT2D eigenvalue weighted by molar-refractivity contribution is 9.10. The molecule has 0 fully saturated rings. The molecule has 0 aliphatic carbocycles. The highest BCUT2D eigenvalue weighted by Crippen LogP contribution is 2.32. The quantitative estimate of drug-likeness (QED) is 0.938. The smallest absolute Gasteiger partial charge is 0.165 e. The van der Waals surface area contributed by atoms with Gasteiger partial charge in [0.1, 0.15) is 5.82 Å². The molecule has 0 spiro atoms. The van der Waals surface area contributed by atoms with Crippen LogP contribution in [0.1, 0.15) is 11.3 Å². The van der Waals surface area contributed by atoms with Gasteiger partial charge in [-0.25, -0.2) is 4.68 Å². The van der Waals surface area contributed by atoms with Crippen LogP contribution in [0.5, 0.6) is 11.5 Å². The van der Waals surface area contributed by atoms with E-state index in [0.717, 1.165) is 15.7 Å². The van der Waals surface area contributed by atoms with Crippen molar-refractivity contribution in [2.24, 2.45) is 0 Å². The van der Waals surface area contributed by atoms with Crippen molar-refractivity contribution < 1.29 is 9.47 Å². The van der Waals surface area contributed by atoms with E-state index in [4.69, 9.17) is 15.2 Å². The molecule has 1 heterocycles. The Kier molecular flexibility index (Phi) is 3.99. The van der Waals surface area contributed by atoms with E-state index in [0.29, 0.717) is 23.9 Å². The van der Waals surface area contributed by atoms with Gasteiger partial charge >= 0.3 is 0 Å². The van der Waals surface area contributed by atoms with Gasteiger partial charge in [0.15, 0.2) is 11.5 Å². The van der Waals surface area contributed by atoms with Crippen LogP contribution in [0.15, 0.2) is 22.7 Å². The number of nitrogens with two attached hydrogens (primary N) is 1. The van der Waals surface area contributed by atoms with Crippen LogP contribution in [0.25, 0.3) is 0 Å². The number of methoxy groups -OCH3 is 2. The lowest BCUT2D eigenvalue weighted by Crippen LogP contribution is -2.07. The van der Waals surface area contributed by atoms with E-state index in [2.05, 4.69) is 21.0 Å². The van der Waals surface area contributed by atoms with Gasteiger partial charge in [-0.1, -0.05) is 12.1 Å². The van der Waals surface area contributed by atoms with Crippen molar-refractivity contribution in [1.29, 1.82) is 0 Å². The Labute approximate surface area is 120 Å². The van der Waals surface area contributed by atoms with Gasteiger partial charge in [-0.2, -0.15) is 5.10 Å². The number of nitrogen functional groups attached to an aromatic ring is 1. The van der Waals surface area contributed by atoms with E-state index in [1.807, 2.05) is 25.1 Å². The first-order valence-electron chi connectivity index (χ1n) is 5.76. The van der Waals surface area contributed by atoms with Crippen LogP contribution >= 0.6 is 15.9 Å². The molecule has 0 amide bonds. The predicted octanol–water partition coefficient (Wildman–Crippen LogP) is 2.60. The summed E-state index contributed by atoms with van der Waals surface area (Å²) in [5.41, 5.74) is 7.82. The molecule has 0 aliphatic rings. The summed E-state index contributed by atoms with van der Waals surface area (Å²) in [7, 11) is 3.24. The Hall–Kier alpha value is -1.69. The van der Waals surface area contributed by atoms with Crippen LogP contribution in [-0.4, -0.2) is 24.0 Å². The van der Waals surface area contributed by atoms with Crippen LogP contribution in [-0.2, 0) is 6.54 Å². The zero-order valence-corrected chi connectivity index (χ0v) is 12.7. The van der Waals surface area contributed by atoms with E-state index >= 15 is 0 Å². The van der Waals surface area contributed by atoms with Gasteiger partial charge in [-0.15, -0.1) is 0 Å². The molecule has 0 saturated carbocycles. The van der Waals surface area contributed by atoms with Crippen molar-refractivity contribution in [3.8, 4) is 11.5 Å². The van der Waals surface area contributed by atoms with Gasteiger partial charge < -0.3 is 15.2 Å². The molecule has 102 valence electrons. The molecular formula is C13H16BrN3O2.